The van der Waals surface area contributed by atoms with Crippen LogP contribution in [0.15, 0.2) is 205 Å². The summed E-state index contributed by atoms with van der Waals surface area (Å²) in [4.78, 5) is 4.89. The highest BCUT2D eigenvalue weighted by Crippen LogP contribution is 2.53. The molecule has 8 rings (SSSR count). The van der Waals surface area contributed by atoms with E-state index in [-0.39, 0.29) is 12.0 Å². The molecule has 1 aliphatic heterocycles. The van der Waals surface area contributed by atoms with Crippen molar-refractivity contribution in [1.29, 1.82) is 0 Å². The van der Waals surface area contributed by atoms with Crippen LogP contribution in [0.4, 0.5) is 17.1 Å². The van der Waals surface area contributed by atoms with E-state index >= 15 is 0 Å². The molecular formula is C50H44N2O. The van der Waals surface area contributed by atoms with E-state index in [9.17, 15) is 0 Å². The van der Waals surface area contributed by atoms with Crippen LogP contribution in [0.1, 0.15) is 54.7 Å². The van der Waals surface area contributed by atoms with Gasteiger partial charge in [0.1, 0.15) is 11.3 Å². The topological polar surface area (TPSA) is 19.6 Å². The molecule has 260 valence electrons. The highest BCUT2D eigenvalue weighted by molar-refractivity contribution is 5.88. The molecule has 2 aliphatic carbocycles. The molecule has 3 atom stereocenters. The van der Waals surface area contributed by atoms with Crippen LogP contribution >= 0.6 is 0 Å². The molecule has 3 heteroatoms. The van der Waals surface area contributed by atoms with Crippen LogP contribution in [-0.4, -0.2) is 0 Å². The Balaban J connectivity index is 1.22. The van der Waals surface area contributed by atoms with Crippen molar-refractivity contribution < 1.29 is 4.42 Å². The molecule has 0 spiro atoms. The van der Waals surface area contributed by atoms with Gasteiger partial charge in [-0.15, -0.1) is 0 Å². The van der Waals surface area contributed by atoms with Crippen molar-refractivity contribution in [3.8, 4) is 0 Å². The molecule has 0 saturated heterocycles. The summed E-state index contributed by atoms with van der Waals surface area (Å²) >= 11 is 0. The lowest BCUT2D eigenvalue weighted by atomic mass is 9.84. The van der Waals surface area contributed by atoms with Crippen molar-refractivity contribution in [3.05, 3.63) is 223 Å². The van der Waals surface area contributed by atoms with E-state index in [1.54, 1.807) is 0 Å². The summed E-state index contributed by atoms with van der Waals surface area (Å²) in [7, 11) is 0. The maximum Gasteiger partial charge on any atom is 0.135 e. The van der Waals surface area contributed by atoms with Gasteiger partial charge < -0.3 is 14.2 Å². The van der Waals surface area contributed by atoms with Crippen LogP contribution in [0.5, 0.6) is 0 Å². The van der Waals surface area contributed by atoms with E-state index in [2.05, 4.69) is 169 Å². The average molecular weight is 689 g/mol. The van der Waals surface area contributed by atoms with Crippen molar-refractivity contribution in [1.82, 2.24) is 0 Å². The first kappa shape index (κ1) is 33.8. The van der Waals surface area contributed by atoms with Gasteiger partial charge in [0, 0.05) is 51.2 Å². The average Bonchev–Trinajstić information content (AvgIpc) is 3.72. The van der Waals surface area contributed by atoms with Crippen LogP contribution in [0.3, 0.4) is 0 Å². The zero-order valence-corrected chi connectivity index (χ0v) is 30.4. The third-order valence-corrected chi connectivity index (χ3v) is 10.6. The third-order valence-electron chi connectivity index (χ3n) is 10.6. The van der Waals surface area contributed by atoms with Gasteiger partial charge in [-0.3, -0.25) is 0 Å². The van der Waals surface area contributed by atoms with Crippen molar-refractivity contribution >= 4 is 39.7 Å². The fraction of sp³-hybridized carbons (Fsp3) is 0.120. The lowest BCUT2D eigenvalue weighted by Gasteiger charge is -2.34. The van der Waals surface area contributed by atoms with Gasteiger partial charge >= 0.3 is 0 Å². The highest BCUT2D eigenvalue weighted by atomic mass is 16.3. The number of anilines is 3. The van der Waals surface area contributed by atoms with Crippen LogP contribution in [-0.2, 0) is 0 Å². The SMILES string of the molecule is C=CC=CC1=C(C)C2C=Cc3oc4ccccc4c3C2N1c1cccc(N(C2=CCC(c3ccccc3)C=C2)c2ccc(C(=C)C=CC=CC)cc2)c1. The van der Waals surface area contributed by atoms with Gasteiger partial charge in [-0.05, 0) is 97.2 Å². The molecule has 0 N–H and O–H groups in total. The van der Waals surface area contributed by atoms with Gasteiger partial charge in [0.2, 0.25) is 0 Å². The minimum Gasteiger partial charge on any atom is -0.456 e. The summed E-state index contributed by atoms with van der Waals surface area (Å²) < 4.78 is 6.42. The standard InChI is InChI=1S/C50H44N2O/c1-5-7-10-16-35(3)37-24-28-40(29-25-37)51(41-30-26-39(27-31-41)38-17-11-9-12-18-38)42-19-15-20-43(34-42)52-46(22-8-6-2)36(4)44-32-33-48-49(50(44)52)45-21-13-14-23-47(45)53-48/h5-26,28-34,39,44,50H,2-3,27H2,1,4H3. The van der Waals surface area contributed by atoms with Crippen LogP contribution in [0, 0.1) is 5.92 Å². The second kappa shape index (κ2) is 14.7. The first-order valence-corrected chi connectivity index (χ1v) is 18.5. The molecule has 0 radical (unpaired) electrons. The first-order chi connectivity index (χ1) is 26.1. The zero-order chi connectivity index (χ0) is 36.3. The van der Waals surface area contributed by atoms with Gasteiger partial charge in [-0.2, -0.15) is 0 Å². The summed E-state index contributed by atoms with van der Waals surface area (Å²) in [5, 5.41) is 1.17. The molecule has 3 aliphatic rings. The molecular weight excluding hydrogens is 645 g/mol. The van der Waals surface area contributed by atoms with E-state index in [1.165, 1.54) is 27.8 Å². The number of benzene rings is 4. The molecule has 0 fully saturated rings. The molecule has 1 aromatic heterocycles. The van der Waals surface area contributed by atoms with Crippen molar-refractivity contribution in [2.24, 2.45) is 5.92 Å². The molecule has 0 saturated carbocycles. The predicted octanol–water partition coefficient (Wildman–Crippen LogP) is 13.6. The number of rotatable bonds is 10. The molecule has 3 nitrogen and oxygen atoms in total. The Morgan fingerprint density at radius 1 is 0.849 bits per heavy atom. The Hall–Kier alpha value is -6.32. The second-order valence-electron chi connectivity index (χ2n) is 13.8. The molecule has 0 amide bonds. The zero-order valence-electron chi connectivity index (χ0n) is 30.4. The summed E-state index contributed by atoms with van der Waals surface area (Å²) in [6, 6.07) is 37.0. The van der Waals surface area contributed by atoms with Crippen molar-refractivity contribution in [2.45, 2.75) is 32.2 Å². The molecule has 0 bridgehead atoms. The van der Waals surface area contributed by atoms with E-state index < -0.39 is 0 Å². The van der Waals surface area contributed by atoms with Crippen LogP contribution in [0.2, 0.25) is 0 Å². The summed E-state index contributed by atoms with van der Waals surface area (Å²) in [5.41, 5.74) is 12.5. The number of para-hydroxylation sites is 1. The number of nitrogens with zero attached hydrogens (tertiary/aromatic N) is 2. The minimum atomic E-state index is 0.0492. The Morgan fingerprint density at radius 3 is 2.43 bits per heavy atom. The van der Waals surface area contributed by atoms with Gasteiger partial charge in [-0.25, -0.2) is 0 Å². The fourth-order valence-electron chi connectivity index (χ4n) is 8.00. The maximum atomic E-state index is 6.42. The fourth-order valence-corrected chi connectivity index (χ4v) is 8.00. The largest absolute Gasteiger partial charge is 0.456 e. The quantitative estimate of drug-likeness (QED) is 0.136. The molecule has 3 unspecified atom stereocenters. The Kier molecular flexibility index (Phi) is 9.40. The Labute approximate surface area is 313 Å². The molecule has 5 aromatic rings. The van der Waals surface area contributed by atoms with Crippen LogP contribution < -0.4 is 9.80 Å². The van der Waals surface area contributed by atoms with Gasteiger partial charge in [0.25, 0.3) is 0 Å². The number of furan rings is 1. The second-order valence-corrected chi connectivity index (χ2v) is 13.8. The lowest BCUT2D eigenvalue weighted by molar-refractivity contribution is 0.554. The minimum absolute atomic E-state index is 0.0492. The van der Waals surface area contributed by atoms with Crippen molar-refractivity contribution in [2.75, 3.05) is 9.80 Å². The maximum absolute atomic E-state index is 6.42. The first-order valence-electron chi connectivity index (χ1n) is 18.5. The van der Waals surface area contributed by atoms with Gasteiger partial charge in [-0.1, -0.05) is 135 Å². The third kappa shape index (κ3) is 6.40. The predicted molar refractivity (Wildman–Crippen MR) is 225 cm³/mol. The van der Waals surface area contributed by atoms with Crippen LogP contribution in [0.25, 0.3) is 22.6 Å². The molecule has 2 heterocycles. The molecule has 53 heavy (non-hydrogen) atoms. The van der Waals surface area contributed by atoms with Gasteiger partial charge in [0.05, 0.1) is 6.04 Å². The Morgan fingerprint density at radius 2 is 1.66 bits per heavy atom. The highest BCUT2D eigenvalue weighted by Gasteiger charge is 2.43. The van der Waals surface area contributed by atoms with E-state index in [0.717, 1.165) is 51.7 Å². The monoisotopic (exact) mass is 688 g/mol. The summed E-state index contributed by atoms with van der Waals surface area (Å²) in [5.74, 6) is 1.48. The van der Waals surface area contributed by atoms with E-state index in [1.807, 2.05) is 43.4 Å². The van der Waals surface area contributed by atoms with Gasteiger partial charge in [0.15, 0.2) is 0 Å². The van der Waals surface area contributed by atoms with E-state index in [4.69, 9.17) is 4.42 Å². The summed E-state index contributed by atoms with van der Waals surface area (Å²) in [6.07, 6.45) is 26.6. The van der Waals surface area contributed by atoms with Crippen molar-refractivity contribution in [3.63, 3.8) is 0 Å². The Bertz CT molecular complexity index is 2390. The van der Waals surface area contributed by atoms with E-state index in [0.29, 0.717) is 5.92 Å². The summed E-state index contributed by atoms with van der Waals surface area (Å²) in [6.45, 7) is 12.6. The number of hydrogen-bond donors (Lipinski definition) is 0. The lowest BCUT2D eigenvalue weighted by Crippen LogP contribution is -2.27. The number of hydrogen-bond acceptors (Lipinski definition) is 3. The number of allylic oxidation sites excluding steroid dienone is 11. The molecule has 4 aromatic carbocycles. The number of fused-ring (bicyclic) bond motifs is 5. The smallest absolute Gasteiger partial charge is 0.135 e. The normalized spacial score (nSPS) is 19.4.